The molecule has 0 bridgehead atoms. The van der Waals surface area contributed by atoms with Crippen LogP contribution in [0.1, 0.15) is 83.6 Å². The average Bonchev–Trinajstić information content (AvgIpc) is 2.89. The van der Waals surface area contributed by atoms with Crippen LogP contribution in [0.25, 0.3) is 11.1 Å². The van der Waals surface area contributed by atoms with E-state index in [-0.39, 0.29) is 11.3 Å². The van der Waals surface area contributed by atoms with E-state index < -0.39 is 11.6 Å². The molecule has 2 aromatic rings. The summed E-state index contributed by atoms with van der Waals surface area (Å²) in [4.78, 5) is 0. The van der Waals surface area contributed by atoms with Gasteiger partial charge < -0.3 is 4.74 Å². The predicted molar refractivity (Wildman–Crippen MR) is 142 cm³/mol. The normalized spacial score (nSPS) is 25.1. The van der Waals surface area contributed by atoms with Crippen molar-refractivity contribution in [2.24, 2.45) is 23.7 Å². The molecule has 2 aromatic carbocycles. The van der Waals surface area contributed by atoms with Gasteiger partial charge in [0.15, 0.2) is 11.6 Å². The maximum absolute atomic E-state index is 14.6. The Balaban J connectivity index is 1.22. The van der Waals surface area contributed by atoms with Gasteiger partial charge in [0.25, 0.3) is 0 Å². The van der Waals surface area contributed by atoms with Crippen molar-refractivity contribution in [3.8, 4) is 16.9 Å². The monoisotopic (exact) mass is 480 g/mol. The van der Waals surface area contributed by atoms with E-state index in [1.807, 2.05) is 31.2 Å². The second-order valence-corrected chi connectivity index (χ2v) is 10.9. The van der Waals surface area contributed by atoms with E-state index in [9.17, 15) is 8.78 Å². The molecule has 1 nitrogen and oxygen atoms in total. The summed E-state index contributed by atoms with van der Waals surface area (Å²) in [7, 11) is 0. The number of ether oxygens (including phenoxy) is 1. The Labute approximate surface area is 211 Å². The Morgan fingerprint density at radius 1 is 0.829 bits per heavy atom. The Bertz CT molecular complexity index is 948. The third kappa shape index (κ3) is 6.96. The lowest BCUT2D eigenvalue weighted by atomic mass is 9.69. The second kappa shape index (κ2) is 12.7. The van der Waals surface area contributed by atoms with Gasteiger partial charge in [0, 0.05) is 5.56 Å². The molecular weight excluding hydrogens is 438 g/mol. The third-order valence-electron chi connectivity index (χ3n) is 8.33. The van der Waals surface area contributed by atoms with Crippen molar-refractivity contribution in [2.75, 3.05) is 6.61 Å². The van der Waals surface area contributed by atoms with E-state index in [2.05, 4.69) is 19.1 Å². The van der Waals surface area contributed by atoms with Gasteiger partial charge in [0.2, 0.25) is 5.82 Å². The molecule has 0 N–H and O–H groups in total. The second-order valence-electron chi connectivity index (χ2n) is 10.9. The lowest BCUT2D eigenvalue weighted by Gasteiger charge is -2.36. The summed E-state index contributed by atoms with van der Waals surface area (Å²) in [5, 5.41) is 0. The van der Waals surface area contributed by atoms with Crippen molar-refractivity contribution in [2.45, 2.75) is 84.5 Å². The number of hydrogen-bond donors (Lipinski definition) is 0. The first kappa shape index (κ1) is 25.9. The molecule has 0 spiro atoms. The zero-order valence-corrected chi connectivity index (χ0v) is 21.6. The first-order valence-corrected chi connectivity index (χ1v) is 13.9. The zero-order chi connectivity index (χ0) is 24.6. The van der Waals surface area contributed by atoms with Crippen LogP contribution in [-0.4, -0.2) is 6.61 Å². The third-order valence-corrected chi connectivity index (χ3v) is 8.33. The largest absolute Gasteiger partial charge is 0.490 e. The summed E-state index contributed by atoms with van der Waals surface area (Å²) in [6.45, 7) is 4.72. The van der Waals surface area contributed by atoms with Crippen LogP contribution in [0.4, 0.5) is 8.78 Å². The van der Waals surface area contributed by atoms with E-state index in [1.54, 1.807) is 6.07 Å². The maximum Gasteiger partial charge on any atom is 0.201 e. The molecule has 2 aliphatic carbocycles. The lowest BCUT2D eigenvalue weighted by Crippen LogP contribution is -2.24. The molecule has 190 valence electrons. The highest BCUT2D eigenvalue weighted by Gasteiger charge is 2.29. The standard InChI is InChI=1S/C32H42F2O/c1-3-22-35-30-21-20-29(31(33)32(30)34)28-18-12-25(13-19-28)7-5-4-6-24-10-16-27(17-11-24)26-14-8-23(2)9-15-26/h4,6,12-13,18-21,23-24,26-27H,3,5,7-11,14-17,22H2,1-2H3/b6-4+. The van der Waals surface area contributed by atoms with Crippen molar-refractivity contribution in [3.05, 3.63) is 65.7 Å². The highest BCUT2D eigenvalue weighted by molar-refractivity contribution is 5.65. The van der Waals surface area contributed by atoms with Crippen LogP contribution in [0.2, 0.25) is 0 Å². The maximum atomic E-state index is 14.6. The van der Waals surface area contributed by atoms with Crippen molar-refractivity contribution in [1.82, 2.24) is 0 Å². The quantitative estimate of drug-likeness (QED) is 0.325. The molecule has 3 heteroatoms. The van der Waals surface area contributed by atoms with Crippen molar-refractivity contribution >= 4 is 0 Å². The Morgan fingerprint density at radius 2 is 1.49 bits per heavy atom. The summed E-state index contributed by atoms with van der Waals surface area (Å²) in [5.41, 5.74) is 2.18. The van der Waals surface area contributed by atoms with Crippen molar-refractivity contribution in [3.63, 3.8) is 0 Å². The molecule has 0 amide bonds. The van der Waals surface area contributed by atoms with Crippen LogP contribution in [0, 0.1) is 35.3 Å². The van der Waals surface area contributed by atoms with E-state index in [0.717, 1.165) is 42.9 Å². The summed E-state index contributed by atoms with van der Waals surface area (Å²) < 4.78 is 34.2. The molecule has 0 unspecified atom stereocenters. The topological polar surface area (TPSA) is 9.23 Å². The molecule has 0 atom stereocenters. The van der Waals surface area contributed by atoms with Gasteiger partial charge in [-0.25, -0.2) is 4.39 Å². The lowest BCUT2D eigenvalue weighted by molar-refractivity contribution is 0.160. The minimum atomic E-state index is -0.910. The number of rotatable bonds is 9. The molecule has 35 heavy (non-hydrogen) atoms. The van der Waals surface area contributed by atoms with E-state index >= 15 is 0 Å². The molecule has 2 fully saturated rings. The molecule has 2 aliphatic rings. The molecule has 4 rings (SSSR count). The molecule has 0 saturated heterocycles. The molecule has 0 aromatic heterocycles. The first-order chi connectivity index (χ1) is 17.0. The highest BCUT2D eigenvalue weighted by atomic mass is 19.2. The highest BCUT2D eigenvalue weighted by Crippen LogP contribution is 2.41. The van der Waals surface area contributed by atoms with Crippen molar-refractivity contribution in [1.29, 1.82) is 0 Å². The number of halogens is 2. The van der Waals surface area contributed by atoms with E-state index in [0.29, 0.717) is 12.2 Å². The van der Waals surface area contributed by atoms with Gasteiger partial charge in [-0.1, -0.05) is 63.1 Å². The van der Waals surface area contributed by atoms with Crippen LogP contribution in [-0.2, 0) is 6.42 Å². The van der Waals surface area contributed by atoms with Gasteiger partial charge >= 0.3 is 0 Å². The molecule has 0 radical (unpaired) electrons. The van der Waals surface area contributed by atoms with Crippen molar-refractivity contribution < 1.29 is 13.5 Å². The van der Waals surface area contributed by atoms with Crippen LogP contribution < -0.4 is 4.74 Å². The van der Waals surface area contributed by atoms with Gasteiger partial charge in [0.05, 0.1) is 6.61 Å². The van der Waals surface area contributed by atoms with E-state index in [4.69, 9.17) is 4.74 Å². The molecular formula is C32H42F2O. The number of allylic oxidation sites excluding steroid dienone is 2. The van der Waals surface area contributed by atoms with Crippen LogP contribution in [0.3, 0.4) is 0 Å². The molecule has 2 saturated carbocycles. The molecule has 0 heterocycles. The predicted octanol–water partition coefficient (Wildman–Crippen LogP) is 9.54. The van der Waals surface area contributed by atoms with Gasteiger partial charge in [0.1, 0.15) is 0 Å². The smallest absolute Gasteiger partial charge is 0.201 e. The fourth-order valence-electron chi connectivity index (χ4n) is 6.03. The fourth-order valence-corrected chi connectivity index (χ4v) is 6.03. The van der Waals surface area contributed by atoms with Gasteiger partial charge in [-0.05, 0) is 105 Å². The summed E-state index contributed by atoms with van der Waals surface area (Å²) in [6.07, 6.45) is 18.9. The number of aryl methyl sites for hydroxylation is 1. The van der Waals surface area contributed by atoms with Gasteiger partial charge in [-0.2, -0.15) is 4.39 Å². The van der Waals surface area contributed by atoms with Gasteiger partial charge in [-0.15, -0.1) is 0 Å². The van der Waals surface area contributed by atoms with Crippen LogP contribution in [0.15, 0.2) is 48.6 Å². The SMILES string of the molecule is CCCOc1ccc(-c2ccc(CC/C=C/C3CCC(C4CCC(C)CC4)CC3)cc2)c(F)c1F. The zero-order valence-electron chi connectivity index (χ0n) is 21.6. The van der Waals surface area contributed by atoms with Crippen LogP contribution >= 0.6 is 0 Å². The van der Waals surface area contributed by atoms with E-state index in [1.165, 1.54) is 63.0 Å². The minimum absolute atomic E-state index is 0.0198. The Hall–Kier alpha value is -2.16. The Kier molecular flexibility index (Phi) is 9.40. The fraction of sp³-hybridized carbons (Fsp3) is 0.562. The summed E-state index contributed by atoms with van der Waals surface area (Å²) in [6, 6.07) is 10.9. The van der Waals surface area contributed by atoms with Gasteiger partial charge in [-0.3, -0.25) is 0 Å². The average molecular weight is 481 g/mol. The van der Waals surface area contributed by atoms with Crippen LogP contribution in [0.5, 0.6) is 5.75 Å². The summed E-state index contributed by atoms with van der Waals surface area (Å²) >= 11 is 0. The summed E-state index contributed by atoms with van der Waals surface area (Å²) in [5.74, 6) is 1.89. The number of hydrogen-bond acceptors (Lipinski definition) is 1. The molecule has 0 aliphatic heterocycles. The first-order valence-electron chi connectivity index (χ1n) is 13.9. The number of benzene rings is 2. The Morgan fingerprint density at radius 3 is 2.14 bits per heavy atom. The minimum Gasteiger partial charge on any atom is -0.490 e.